The van der Waals surface area contributed by atoms with Gasteiger partial charge in [-0.2, -0.15) is 13.2 Å². The number of benzene rings is 3. The Balaban J connectivity index is 1.70. The first-order chi connectivity index (χ1) is 17.1. The minimum absolute atomic E-state index is 0.224. The number of hydrogen-bond acceptors (Lipinski definition) is 5. The molecule has 10 heteroatoms. The molecule has 0 fully saturated rings. The van der Waals surface area contributed by atoms with Crippen molar-refractivity contribution in [3.63, 3.8) is 0 Å². The molecule has 0 aliphatic carbocycles. The molecule has 0 aliphatic rings. The minimum atomic E-state index is -4.59. The van der Waals surface area contributed by atoms with Crippen molar-refractivity contribution in [1.82, 2.24) is 15.5 Å². The lowest BCUT2D eigenvalue weighted by molar-refractivity contribution is -0.137. The maximum absolute atomic E-state index is 13.7. The molecule has 5 nitrogen and oxygen atoms in total. The summed E-state index contributed by atoms with van der Waals surface area (Å²) >= 11 is 1.10. The Morgan fingerprint density at radius 2 is 1.58 bits per heavy atom. The lowest BCUT2D eigenvalue weighted by Crippen LogP contribution is -2.27. The number of nitrogens with one attached hydrogen (secondary N) is 1. The summed E-state index contributed by atoms with van der Waals surface area (Å²) in [6.45, 7) is 1.79. The summed E-state index contributed by atoms with van der Waals surface area (Å²) in [5.41, 5.74) is 7.63. The summed E-state index contributed by atoms with van der Waals surface area (Å²) in [6, 6.07) is 15.9. The van der Waals surface area contributed by atoms with Crippen molar-refractivity contribution >= 4 is 17.2 Å². The fourth-order valence-electron chi connectivity index (χ4n) is 3.71. The van der Waals surface area contributed by atoms with Crippen molar-refractivity contribution < 1.29 is 22.4 Å². The average Bonchev–Trinajstić information content (AvgIpc) is 3.34. The Labute approximate surface area is 209 Å². The number of carbonyl (C=O) groups is 1. The number of rotatable bonds is 7. The standard InChI is InChI=1S/C26H22F4N4OS/c1-15(35)32-23(10-16-2-4-17(14-31)5-3-16)25-34-33-24(36-25)20-11-19(12-21(13-20)26(28,29)30)18-6-8-22(27)9-7-18/h2-9,11-13,23H,10,14,31H2,1H3,(H,32,35). The zero-order chi connectivity index (χ0) is 25.9. The normalized spacial score (nSPS) is 12.4. The van der Waals surface area contributed by atoms with Gasteiger partial charge in [0.1, 0.15) is 15.8 Å². The van der Waals surface area contributed by atoms with Crippen LogP contribution >= 0.6 is 11.3 Å². The first-order valence-electron chi connectivity index (χ1n) is 11.0. The van der Waals surface area contributed by atoms with Gasteiger partial charge in [-0.15, -0.1) is 10.2 Å². The van der Waals surface area contributed by atoms with Crippen molar-refractivity contribution in [3.8, 4) is 21.7 Å². The highest BCUT2D eigenvalue weighted by Gasteiger charge is 2.32. The van der Waals surface area contributed by atoms with Crippen molar-refractivity contribution in [1.29, 1.82) is 0 Å². The topological polar surface area (TPSA) is 80.9 Å². The molecular formula is C26H22F4N4OS. The fourth-order valence-corrected chi connectivity index (χ4v) is 4.59. The summed E-state index contributed by atoms with van der Waals surface area (Å²) < 4.78 is 54.4. The van der Waals surface area contributed by atoms with Crippen molar-refractivity contribution in [3.05, 3.63) is 94.2 Å². The molecule has 4 aromatic rings. The summed E-state index contributed by atoms with van der Waals surface area (Å²) in [4.78, 5) is 11.9. The molecule has 1 atom stereocenters. The summed E-state index contributed by atoms with van der Waals surface area (Å²) in [7, 11) is 0. The van der Waals surface area contributed by atoms with Gasteiger partial charge in [0.2, 0.25) is 5.91 Å². The largest absolute Gasteiger partial charge is 0.416 e. The van der Waals surface area contributed by atoms with E-state index in [0.717, 1.165) is 34.6 Å². The number of amides is 1. The van der Waals surface area contributed by atoms with Gasteiger partial charge < -0.3 is 11.1 Å². The van der Waals surface area contributed by atoms with Crippen LogP contribution < -0.4 is 11.1 Å². The molecule has 0 bridgehead atoms. The zero-order valence-electron chi connectivity index (χ0n) is 19.1. The fraction of sp³-hybridized carbons (Fsp3) is 0.192. The van der Waals surface area contributed by atoms with Crippen LogP contribution in [-0.4, -0.2) is 16.1 Å². The number of nitrogens with zero attached hydrogens (tertiary/aromatic N) is 2. The van der Waals surface area contributed by atoms with Crippen molar-refractivity contribution in [2.24, 2.45) is 5.73 Å². The van der Waals surface area contributed by atoms with E-state index in [9.17, 15) is 22.4 Å². The molecule has 1 unspecified atom stereocenters. The van der Waals surface area contributed by atoms with Crippen LogP contribution in [0.5, 0.6) is 0 Å². The third-order valence-corrected chi connectivity index (χ3v) is 6.59. The maximum atomic E-state index is 13.7. The summed E-state index contributed by atoms with van der Waals surface area (Å²) in [5.74, 6) is -0.755. The van der Waals surface area contributed by atoms with Gasteiger partial charge in [0.05, 0.1) is 11.6 Å². The Morgan fingerprint density at radius 3 is 2.19 bits per heavy atom. The Kier molecular flexibility index (Phi) is 7.46. The highest BCUT2D eigenvalue weighted by Crippen LogP contribution is 2.38. The number of nitrogens with two attached hydrogens (primary N) is 1. The lowest BCUT2D eigenvalue weighted by atomic mass is 9.99. The van der Waals surface area contributed by atoms with Crippen LogP contribution in [0.1, 0.15) is 34.7 Å². The first-order valence-corrected chi connectivity index (χ1v) is 11.8. The lowest BCUT2D eigenvalue weighted by Gasteiger charge is -2.15. The molecular weight excluding hydrogens is 492 g/mol. The third kappa shape index (κ3) is 6.13. The first kappa shape index (κ1) is 25.5. The van der Waals surface area contributed by atoms with Crippen LogP contribution in [0.15, 0.2) is 66.7 Å². The Morgan fingerprint density at radius 1 is 0.944 bits per heavy atom. The molecule has 0 aliphatic heterocycles. The van der Waals surface area contributed by atoms with Gasteiger partial charge in [-0.05, 0) is 59.0 Å². The van der Waals surface area contributed by atoms with E-state index in [2.05, 4.69) is 15.5 Å². The number of hydrogen-bond donors (Lipinski definition) is 2. The average molecular weight is 515 g/mol. The quantitative estimate of drug-likeness (QED) is 0.301. The van der Waals surface area contributed by atoms with Gasteiger partial charge in [-0.1, -0.05) is 47.7 Å². The van der Waals surface area contributed by atoms with Gasteiger partial charge in [-0.3, -0.25) is 4.79 Å². The predicted molar refractivity (Wildman–Crippen MR) is 130 cm³/mol. The summed E-state index contributed by atoms with van der Waals surface area (Å²) in [5, 5.41) is 11.9. The van der Waals surface area contributed by atoms with E-state index in [1.807, 2.05) is 24.3 Å². The van der Waals surface area contributed by atoms with Crippen LogP contribution in [0, 0.1) is 5.82 Å². The number of alkyl halides is 3. The van der Waals surface area contributed by atoms with Crippen LogP contribution in [0.3, 0.4) is 0 Å². The van der Waals surface area contributed by atoms with Gasteiger partial charge in [0, 0.05) is 19.0 Å². The smallest absolute Gasteiger partial charge is 0.347 e. The van der Waals surface area contributed by atoms with E-state index in [1.54, 1.807) is 6.07 Å². The van der Waals surface area contributed by atoms with E-state index >= 15 is 0 Å². The predicted octanol–water partition coefficient (Wildman–Crippen LogP) is 5.91. The van der Waals surface area contributed by atoms with Crippen molar-refractivity contribution in [2.45, 2.75) is 32.1 Å². The molecule has 1 amide bonds. The Hall–Kier alpha value is -3.63. The minimum Gasteiger partial charge on any atom is -0.347 e. The molecule has 1 heterocycles. The SMILES string of the molecule is CC(=O)NC(Cc1ccc(CN)cc1)c1nnc(-c2cc(-c3ccc(F)cc3)cc(C(F)(F)F)c2)s1. The van der Waals surface area contributed by atoms with Crippen molar-refractivity contribution in [2.75, 3.05) is 0 Å². The van der Waals surface area contributed by atoms with Crippen LogP contribution in [0.25, 0.3) is 21.7 Å². The highest BCUT2D eigenvalue weighted by molar-refractivity contribution is 7.14. The molecule has 0 saturated carbocycles. The van der Waals surface area contributed by atoms with Gasteiger partial charge >= 0.3 is 6.18 Å². The van der Waals surface area contributed by atoms with E-state index in [4.69, 9.17) is 5.73 Å². The second kappa shape index (κ2) is 10.5. The molecule has 3 N–H and O–H groups in total. The third-order valence-electron chi connectivity index (χ3n) is 5.50. The van der Waals surface area contributed by atoms with E-state index < -0.39 is 23.6 Å². The highest BCUT2D eigenvalue weighted by atomic mass is 32.1. The van der Waals surface area contributed by atoms with Gasteiger partial charge in [0.15, 0.2) is 0 Å². The Bertz CT molecular complexity index is 1350. The van der Waals surface area contributed by atoms with Crippen LogP contribution in [-0.2, 0) is 23.9 Å². The number of halogens is 4. The monoisotopic (exact) mass is 514 g/mol. The van der Waals surface area contributed by atoms with Crippen LogP contribution in [0.4, 0.5) is 17.6 Å². The summed E-state index contributed by atoms with van der Waals surface area (Å²) in [6.07, 6.45) is -4.17. The number of aromatic nitrogens is 2. The second-order valence-electron chi connectivity index (χ2n) is 8.23. The molecule has 0 radical (unpaired) electrons. The van der Waals surface area contributed by atoms with E-state index in [1.165, 1.54) is 31.2 Å². The van der Waals surface area contributed by atoms with Gasteiger partial charge in [0.25, 0.3) is 0 Å². The van der Waals surface area contributed by atoms with E-state index in [0.29, 0.717) is 23.5 Å². The number of carbonyl (C=O) groups excluding carboxylic acids is 1. The maximum Gasteiger partial charge on any atom is 0.416 e. The van der Waals surface area contributed by atoms with E-state index in [-0.39, 0.29) is 22.0 Å². The van der Waals surface area contributed by atoms with Crippen LogP contribution in [0.2, 0.25) is 0 Å². The van der Waals surface area contributed by atoms with Gasteiger partial charge in [-0.25, -0.2) is 4.39 Å². The molecule has 3 aromatic carbocycles. The molecule has 0 saturated heterocycles. The molecule has 36 heavy (non-hydrogen) atoms. The molecule has 186 valence electrons. The molecule has 0 spiro atoms. The molecule has 4 rings (SSSR count). The zero-order valence-corrected chi connectivity index (χ0v) is 20.0. The molecule has 1 aromatic heterocycles. The second-order valence-corrected chi connectivity index (χ2v) is 9.24.